The Morgan fingerprint density at radius 3 is 2.70 bits per heavy atom. The first-order valence-electron chi connectivity index (χ1n) is 9.14. The number of amides is 1. The van der Waals surface area contributed by atoms with E-state index in [1.807, 2.05) is 30.3 Å². The molecule has 1 amide bonds. The highest BCUT2D eigenvalue weighted by molar-refractivity contribution is 6.67. The molecule has 2 saturated heterocycles. The largest absolute Gasteiger partial charge is 0.445 e. The number of aliphatic hydroxyl groups excluding tert-OH is 1. The maximum atomic E-state index is 12.2. The lowest BCUT2D eigenvalue weighted by molar-refractivity contribution is -0.371. The predicted octanol–water partition coefficient (Wildman–Crippen LogP) is 2.59. The lowest BCUT2D eigenvalue weighted by atomic mass is 9.88. The second kappa shape index (κ2) is 9.58. The van der Waals surface area contributed by atoms with E-state index in [0.29, 0.717) is 0 Å². The van der Waals surface area contributed by atoms with Gasteiger partial charge in [-0.25, -0.2) is 4.79 Å². The molecule has 3 rings (SSSR count). The molecule has 11 heteroatoms. The van der Waals surface area contributed by atoms with E-state index in [1.165, 1.54) is 6.08 Å². The topological polar surface area (TPSA) is 106 Å². The van der Waals surface area contributed by atoms with Gasteiger partial charge in [0.15, 0.2) is 12.1 Å². The van der Waals surface area contributed by atoms with Crippen molar-refractivity contribution in [2.24, 2.45) is 0 Å². The van der Waals surface area contributed by atoms with Crippen molar-refractivity contribution in [3.8, 4) is 0 Å². The minimum Gasteiger partial charge on any atom is -0.445 e. The molecular formula is C19H22Cl3NO7. The molecule has 0 bridgehead atoms. The first-order valence-corrected chi connectivity index (χ1v) is 10.3. The van der Waals surface area contributed by atoms with Gasteiger partial charge in [-0.1, -0.05) is 71.2 Å². The van der Waals surface area contributed by atoms with Gasteiger partial charge in [-0.05, 0) is 0 Å². The van der Waals surface area contributed by atoms with Gasteiger partial charge in [-0.15, -0.1) is 6.58 Å². The molecule has 0 saturated carbocycles. The molecule has 166 valence electrons. The van der Waals surface area contributed by atoms with Crippen molar-refractivity contribution < 1.29 is 34.0 Å². The molecule has 0 aromatic heterocycles. The highest BCUT2D eigenvalue weighted by atomic mass is 35.6. The second-order valence-corrected chi connectivity index (χ2v) is 9.49. The van der Waals surface area contributed by atoms with E-state index in [9.17, 15) is 15.0 Å². The van der Waals surface area contributed by atoms with Crippen LogP contribution in [-0.2, 0) is 18.9 Å². The van der Waals surface area contributed by atoms with Gasteiger partial charge in [0, 0.05) is 12.0 Å². The normalized spacial score (nSPS) is 34.0. The number of aliphatic hydroxyl groups is 2. The summed E-state index contributed by atoms with van der Waals surface area (Å²) in [6.45, 7) is 3.12. The SMILES string of the molecule is C=CC[C@]1(O)O[C@@H]2COC(c3ccccc3)O[C@H]2[C@H](O)[C@@H]1NC(=O)OCC(Cl)(Cl)Cl. The van der Waals surface area contributed by atoms with Crippen molar-refractivity contribution in [2.75, 3.05) is 13.2 Å². The summed E-state index contributed by atoms with van der Waals surface area (Å²) in [5.74, 6) is -1.98. The molecule has 2 aliphatic heterocycles. The van der Waals surface area contributed by atoms with Gasteiger partial charge in [0.1, 0.15) is 31.0 Å². The molecule has 2 aliphatic rings. The van der Waals surface area contributed by atoms with Gasteiger partial charge in [0.2, 0.25) is 3.79 Å². The second-order valence-electron chi connectivity index (χ2n) is 6.97. The highest BCUT2D eigenvalue weighted by Gasteiger charge is 2.56. The summed E-state index contributed by atoms with van der Waals surface area (Å²) in [6.07, 6.45) is -3.48. The van der Waals surface area contributed by atoms with E-state index < -0.39 is 52.9 Å². The fraction of sp³-hybridized carbons (Fsp3) is 0.526. The summed E-state index contributed by atoms with van der Waals surface area (Å²) in [4.78, 5) is 12.2. The smallest absolute Gasteiger partial charge is 0.407 e. The molecule has 2 fully saturated rings. The van der Waals surface area contributed by atoms with E-state index in [1.54, 1.807) is 0 Å². The molecule has 2 heterocycles. The fourth-order valence-corrected chi connectivity index (χ4v) is 3.58. The van der Waals surface area contributed by atoms with Crippen molar-refractivity contribution in [1.82, 2.24) is 5.32 Å². The van der Waals surface area contributed by atoms with E-state index >= 15 is 0 Å². The minimum atomic E-state index is -1.98. The molecule has 30 heavy (non-hydrogen) atoms. The number of carbonyl (C=O) groups excluding carboxylic acids is 1. The van der Waals surface area contributed by atoms with Crippen LogP contribution in [0, 0.1) is 0 Å². The molecule has 0 radical (unpaired) electrons. The quantitative estimate of drug-likeness (QED) is 0.437. The number of hydrogen-bond acceptors (Lipinski definition) is 7. The lowest BCUT2D eigenvalue weighted by Crippen LogP contribution is -2.71. The van der Waals surface area contributed by atoms with Gasteiger partial charge >= 0.3 is 6.09 Å². The van der Waals surface area contributed by atoms with E-state index in [2.05, 4.69) is 11.9 Å². The van der Waals surface area contributed by atoms with Crippen LogP contribution in [0.4, 0.5) is 4.79 Å². The van der Waals surface area contributed by atoms with Gasteiger partial charge in [-0.3, -0.25) is 0 Å². The Morgan fingerprint density at radius 2 is 2.07 bits per heavy atom. The summed E-state index contributed by atoms with van der Waals surface area (Å²) in [7, 11) is 0. The summed E-state index contributed by atoms with van der Waals surface area (Å²) >= 11 is 16.7. The Hall–Kier alpha value is -1.10. The van der Waals surface area contributed by atoms with Crippen molar-refractivity contribution in [1.29, 1.82) is 0 Å². The van der Waals surface area contributed by atoms with Crippen LogP contribution >= 0.6 is 34.8 Å². The number of carbonyl (C=O) groups is 1. The fourth-order valence-electron chi connectivity index (χ4n) is 3.42. The molecule has 1 aromatic rings. The number of ether oxygens (including phenoxy) is 4. The monoisotopic (exact) mass is 481 g/mol. The van der Waals surface area contributed by atoms with Crippen LogP contribution in [0.5, 0.6) is 0 Å². The van der Waals surface area contributed by atoms with Gasteiger partial charge in [0.25, 0.3) is 0 Å². The Balaban J connectivity index is 1.76. The van der Waals surface area contributed by atoms with Crippen molar-refractivity contribution in [3.05, 3.63) is 48.6 Å². The molecule has 8 nitrogen and oxygen atoms in total. The van der Waals surface area contributed by atoms with Gasteiger partial charge in [-0.2, -0.15) is 0 Å². The minimum absolute atomic E-state index is 0.0607. The first kappa shape index (κ1) is 23.6. The number of alkyl halides is 3. The van der Waals surface area contributed by atoms with E-state index in [0.717, 1.165) is 5.56 Å². The van der Waals surface area contributed by atoms with Crippen LogP contribution in [0.3, 0.4) is 0 Å². The number of benzene rings is 1. The number of rotatable bonds is 5. The summed E-state index contributed by atoms with van der Waals surface area (Å²) in [5.41, 5.74) is 0.752. The Morgan fingerprint density at radius 1 is 1.37 bits per heavy atom. The molecular weight excluding hydrogens is 461 g/mol. The average Bonchev–Trinajstić information content (AvgIpc) is 2.70. The Kier molecular flexibility index (Phi) is 7.53. The van der Waals surface area contributed by atoms with E-state index in [-0.39, 0.29) is 13.0 Å². The third-order valence-corrected chi connectivity index (χ3v) is 5.05. The molecule has 3 N–H and O–H groups in total. The Bertz CT molecular complexity index is 747. The summed E-state index contributed by atoms with van der Waals surface area (Å²) in [6, 6.07) is 7.84. The van der Waals surface area contributed by atoms with E-state index in [4.69, 9.17) is 53.8 Å². The van der Waals surface area contributed by atoms with Crippen LogP contribution < -0.4 is 5.32 Å². The van der Waals surface area contributed by atoms with Crippen molar-refractivity contribution in [2.45, 2.75) is 46.6 Å². The lowest BCUT2D eigenvalue weighted by Gasteiger charge is -2.51. The van der Waals surface area contributed by atoms with Crippen LogP contribution in [0.25, 0.3) is 0 Å². The molecule has 0 aliphatic carbocycles. The highest BCUT2D eigenvalue weighted by Crippen LogP contribution is 2.38. The van der Waals surface area contributed by atoms with Crippen LogP contribution in [0.1, 0.15) is 18.3 Å². The van der Waals surface area contributed by atoms with Crippen molar-refractivity contribution >= 4 is 40.9 Å². The third kappa shape index (κ3) is 5.57. The zero-order chi connectivity index (χ0) is 21.9. The summed E-state index contributed by atoms with van der Waals surface area (Å²) < 4.78 is 20.4. The molecule has 6 atom stereocenters. The van der Waals surface area contributed by atoms with Crippen LogP contribution in [0.15, 0.2) is 43.0 Å². The zero-order valence-corrected chi connectivity index (χ0v) is 18.0. The Labute approximate surface area is 188 Å². The maximum Gasteiger partial charge on any atom is 0.407 e. The number of alkyl carbamates (subject to hydrolysis) is 1. The predicted molar refractivity (Wildman–Crippen MR) is 109 cm³/mol. The number of hydrogen-bond donors (Lipinski definition) is 3. The molecule has 1 unspecified atom stereocenters. The van der Waals surface area contributed by atoms with Crippen molar-refractivity contribution in [3.63, 3.8) is 0 Å². The first-order chi connectivity index (χ1) is 14.1. The average molecular weight is 483 g/mol. The zero-order valence-electron chi connectivity index (χ0n) is 15.7. The number of halogens is 3. The summed E-state index contributed by atoms with van der Waals surface area (Å²) in [5, 5.41) is 24.3. The van der Waals surface area contributed by atoms with Crippen LogP contribution in [-0.4, -0.2) is 63.5 Å². The van der Waals surface area contributed by atoms with Gasteiger partial charge < -0.3 is 34.5 Å². The number of nitrogens with one attached hydrogen (secondary N) is 1. The standard InChI is InChI=1S/C19H22Cl3NO7/c1-2-8-18(26)15(23-17(25)28-10-19(20,21)22)13(24)14-12(30-18)9-27-16(29-14)11-6-4-3-5-7-11/h2-7,12-16,24,26H,1,8-10H2,(H,23,25)/t12-,13+,14-,15+,16?,18+/m1/s1. The van der Waals surface area contributed by atoms with Gasteiger partial charge in [0.05, 0.1) is 6.61 Å². The maximum absolute atomic E-state index is 12.2. The molecule has 0 spiro atoms. The molecule has 1 aromatic carbocycles. The third-order valence-electron chi connectivity index (χ3n) is 4.73. The van der Waals surface area contributed by atoms with Crippen LogP contribution in [0.2, 0.25) is 0 Å². The number of fused-ring (bicyclic) bond motifs is 1.